The molecule has 1 heterocycles. The van der Waals surface area contributed by atoms with Gasteiger partial charge in [0.1, 0.15) is 30.8 Å². The van der Waals surface area contributed by atoms with Gasteiger partial charge in [-0.3, -0.25) is 24.0 Å². The fourth-order valence-corrected chi connectivity index (χ4v) is 5.36. The second-order valence-electron chi connectivity index (χ2n) is 12.0. The van der Waals surface area contributed by atoms with Crippen molar-refractivity contribution in [3.63, 3.8) is 0 Å². The summed E-state index contributed by atoms with van der Waals surface area (Å²) in [6.45, 7) is 10.3. The van der Waals surface area contributed by atoms with E-state index >= 15 is 0 Å². The van der Waals surface area contributed by atoms with E-state index in [1.807, 2.05) is 0 Å². The first-order chi connectivity index (χ1) is 19.9. The van der Waals surface area contributed by atoms with Crippen molar-refractivity contribution in [3.05, 3.63) is 12.7 Å². The molecular weight excluding hydrogens is 544 g/mol. The topological polar surface area (TPSA) is 160 Å². The molecule has 2 fully saturated rings. The average molecular weight is 593 g/mol. The van der Waals surface area contributed by atoms with E-state index in [0.29, 0.717) is 32.2 Å². The minimum Gasteiger partial charge on any atom is -0.460 e. The van der Waals surface area contributed by atoms with Crippen molar-refractivity contribution in [1.82, 2.24) is 20.9 Å². The molecule has 0 spiro atoms. The first-order valence-electron chi connectivity index (χ1n) is 15.0. The monoisotopic (exact) mass is 592 g/mol. The van der Waals surface area contributed by atoms with Crippen LogP contribution in [0.3, 0.4) is 0 Å². The SMILES string of the molecule is C=CCOC(=O)CNC(=O)C(=O)C(CCC)NC(=O)C1CCCN1C(=O)C(CC1CCCCC1)NC(=O)OC(C)(C)C. The minimum absolute atomic E-state index is 0.0252. The van der Waals surface area contributed by atoms with E-state index in [9.17, 15) is 28.8 Å². The molecule has 1 aliphatic heterocycles. The highest BCUT2D eigenvalue weighted by Gasteiger charge is 2.40. The third-order valence-electron chi connectivity index (χ3n) is 7.31. The summed E-state index contributed by atoms with van der Waals surface area (Å²) < 4.78 is 10.2. The van der Waals surface area contributed by atoms with Gasteiger partial charge in [0, 0.05) is 6.54 Å². The lowest BCUT2D eigenvalue weighted by molar-refractivity contribution is -0.145. The maximum atomic E-state index is 13.8. The van der Waals surface area contributed by atoms with Gasteiger partial charge in [0.2, 0.25) is 17.6 Å². The van der Waals surface area contributed by atoms with Crippen molar-refractivity contribution in [2.45, 2.75) is 116 Å². The zero-order valence-corrected chi connectivity index (χ0v) is 25.5. The summed E-state index contributed by atoms with van der Waals surface area (Å²) >= 11 is 0. The molecule has 1 aliphatic carbocycles. The van der Waals surface area contributed by atoms with Gasteiger partial charge in [0.15, 0.2) is 0 Å². The van der Waals surface area contributed by atoms with Crippen LogP contribution in [-0.4, -0.2) is 83.9 Å². The minimum atomic E-state index is -1.12. The Bertz CT molecular complexity index is 986. The van der Waals surface area contributed by atoms with Gasteiger partial charge in [-0.05, 0) is 52.4 Å². The van der Waals surface area contributed by atoms with E-state index < -0.39 is 59.9 Å². The predicted octanol–water partition coefficient (Wildman–Crippen LogP) is 2.54. The van der Waals surface area contributed by atoms with E-state index in [0.717, 1.165) is 32.1 Å². The van der Waals surface area contributed by atoms with Crippen LogP contribution >= 0.6 is 0 Å². The van der Waals surface area contributed by atoms with Gasteiger partial charge in [-0.15, -0.1) is 0 Å². The Morgan fingerprint density at radius 1 is 0.976 bits per heavy atom. The molecule has 2 rings (SSSR count). The van der Waals surface area contributed by atoms with Crippen LogP contribution in [0, 0.1) is 5.92 Å². The number of nitrogens with one attached hydrogen (secondary N) is 3. The maximum Gasteiger partial charge on any atom is 0.408 e. The van der Waals surface area contributed by atoms with Gasteiger partial charge in [-0.1, -0.05) is 58.1 Å². The Morgan fingerprint density at radius 2 is 1.67 bits per heavy atom. The fourth-order valence-electron chi connectivity index (χ4n) is 5.36. The van der Waals surface area contributed by atoms with Crippen LogP contribution in [0.1, 0.15) is 91.9 Å². The van der Waals surface area contributed by atoms with Gasteiger partial charge in [0.05, 0.1) is 6.04 Å². The Hall–Kier alpha value is -3.44. The summed E-state index contributed by atoms with van der Waals surface area (Å²) in [5, 5.41) is 7.63. The molecule has 0 bridgehead atoms. The largest absolute Gasteiger partial charge is 0.460 e. The van der Waals surface area contributed by atoms with E-state index in [2.05, 4.69) is 22.5 Å². The van der Waals surface area contributed by atoms with Crippen LogP contribution in [-0.2, 0) is 33.4 Å². The summed E-state index contributed by atoms with van der Waals surface area (Å²) in [4.78, 5) is 78.3. The van der Waals surface area contributed by atoms with Crippen LogP contribution < -0.4 is 16.0 Å². The molecule has 4 amide bonds. The maximum absolute atomic E-state index is 13.8. The molecular formula is C30H48N4O8. The molecule has 236 valence electrons. The molecule has 12 nitrogen and oxygen atoms in total. The number of likely N-dealkylation sites (tertiary alicyclic amines) is 1. The van der Waals surface area contributed by atoms with Crippen molar-refractivity contribution < 1.29 is 38.2 Å². The van der Waals surface area contributed by atoms with Crippen LogP contribution in [0.5, 0.6) is 0 Å². The molecule has 1 saturated heterocycles. The average Bonchev–Trinajstić information content (AvgIpc) is 3.43. The van der Waals surface area contributed by atoms with Gasteiger partial charge in [0.25, 0.3) is 5.91 Å². The van der Waals surface area contributed by atoms with Crippen LogP contribution in [0.4, 0.5) is 4.79 Å². The zero-order chi connectivity index (χ0) is 31.3. The van der Waals surface area contributed by atoms with Crippen molar-refractivity contribution in [1.29, 1.82) is 0 Å². The third-order valence-corrected chi connectivity index (χ3v) is 7.31. The normalized spacial score (nSPS) is 18.8. The zero-order valence-electron chi connectivity index (χ0n) is 25.5. The number of carbonyl (C=O) groups is 6. The van der Waals surface area contributed by atoms with E-state index in [1.54, 1.807) is 27.7 Å². The first-order valence-corrected chi connectivity index (χ1v) is 15.0. The smallest absolute Gasteiger partial charge is 0.408 e. The van der Waals surface area contributed by atoms with Gasteiger partial charge in [-0.25, -0.2) is 4.79 Å². The predicted molar refractivity (Wildman–Crippen MR) is 155 cm³/mol. The van der Waals surface area contributed by atoms with E-state index in [-0.39, 0.29) is 24.9 Å². The second kappa shape index (κ2) is 16.9. The molecule has 0 aromatic rings. The number of Topliss-reactive ketones (excluding diaryl/α,β-unsaturated/α-hetero) is 1. The number of ketones is 1. The Balaban J connectivity index is 2.11. The molecule has 0 aromatic heterocycles. The number of carbonyl (C=O) groups excluding carboxylic acids is 6. The number of hydrogen-bond donors (Lipinski definition) is 3. The second-order valence-corrected chi connectivity index (χ2v) is 12.0. The molecule has 1 saturated carbocycles. The Kier molecular flexibility index (Phi) is 14.0. The summed E-state index contributed by atoms with van der Waals surface area (Å²) in [5.74, 6) is -3.26. The number of rotatable bonds is 14. The van der Waals surface area contributed by atoms with Gasteiger partial charge < -0.3 is 30.3 Å². The summed E-state index contributed by atoms with van der Waals surface area (Å²) in [6, 6.07) is -2.82. The van der Waals surface area contributed by atoms with Crippen molar-refractivity contribution in [3.8, 4) is 0 Å². The van der Waals surface area contributed by atoms with Gasteiger partial charge >= 0.3 is 12.1 Å². The Labute approximate surface area is 248 Å². The highest BCUT2D eigenvalue weighted by molar-refractivity contribution is 6.38. The van der Waals surface area contributed by atoms with Crippen LogP contribution in [0.25, 0.3) is 0 Å². The molecule has 12 heteroatoms. The van der Waals surface area contributed by atoms with Crippen molar-refractivity contribution >= 4 is 35.6 Å². The number of hydrogen-bond acceptors (Lipinski definition) is 8. The Morgan fingerprint density at radius 3 is 2.29 bits per heavy atom. The van der Waals surface area contributed by atoms with Crippen LogP contribution in [0.2, 0.25) is 0 Å². The number of esters is 1. The molecule has 0 radical (unpaired) electrons. The highest BCUT2D eigenvalue weighted by atomic mass is 16.6. The lowest BCUT2D eigenvalue weighted by Crippen LogP contribution is -2.57. The lowest BCUT2D eigenvalue weighted by atomic mass is 9.84. The van der Waals surface area contributed by atoms with Crippen molar-refractivity contribution in [2.75, 3.05) is 19.7 Å². The molecule has 42 heavy (non-hydrogen) atoms. The number of ether oxygens (including phenoxy) is 2. The molecule has 3 N–H and O–H groups in total. The first kappa shape index (κ1) is 34.8. The fraction of sp³-hybridized carbons (Fsp3) is 0.733. The quantitative estimate of drug-likeness (QED) is 0.158. The van der Waals surface area contributed by atoms with Gasteiger partial charge in [-0.2, -0.15) is 0 Å². The summed E-state index contributed by atoms with van der Waals surface area (Å²) in [7, 11) is 0. The molecule has 3 atom stereocenters. The summed E-state index contributed by atoms with van der Waals surface area (Å²) in [5.41, 5.74) is -0.738. The standard InChI is InChI=1S/C30H48N4O8/c1-6-12-21(25(36)27(38)31-19-24(35)41-17-7-2)32-26(37)23-15-11-16-34(23)28(39)22(18-20-13-9-8-10-14-20)33-29(40)42-30(3,4)5/h7,20-23H,2,6,8-19H2,1,3-5H3,(H,31,38)(H,32,37)(H,33,40). The highest BCUT2D eigenvalue weighted by Crippen LogP contribution is 2.29. The van der Waals surface area contributed by atoms with E-state index in [4.69, 9.17) is 9.47 Å². The molecule has 3 unspecified atom stereocenters. The molecule has 0 aromatic carbocycles. The number of nitrogens with zero attached hydrogens (tertiary/aromatic N) is 1. The third kappa shape index (κ3) is 11.4. The van der Waals surface area contributed by atoms with Crippen LogP contribution in [0.15, 0.2) is 12.7 Å². The van der Waals surface area contributed by atoms with Crippen molar-refractivity contribution in [2.24, 2.45) is 5.92 Å². The summed E-state index contributed by atoms with van der Waals surface area (Å²) in [6.07, 6.45) is 8.04. The number of alkyl carbamates (subject to hydrolysis) is 1. The lowest BCUT2D eigenvalue weighted by Gasteiger charge is -2.32. The number of amides is 4. The van der Waals surface area contributed by atoms with E-state index in [1.165, 1.54) is 11.0 Å². The molecule has 2 aliphatic rings.